The average molecular weight is 708 g/mol. The van der Waals surface area contributed by atoms with Crippen molar-refractivity contribution < 1.29 is 29.3 Å². The van der Waals surface area contributed by atoms with Gasteiger partial charge in [0.1, 0.15) is 0 Å². The third kappa shape index (κ3) is 10.4. The molecule has 1 aromatic heterocycles. The molecule has 0 aliphatic carbocycles. The van der Waals surface area contributed by atoms with Crippen LogP contribution in [0.15, 0.2) is 91.3 Å². The van der Waals surface area contributed by atoms with Crippen LogP contribution in [-0.4, -0.2) is 75.8 Å². The number of hydrogen-bond donors (Lipinski definition) is 3. The molecule has 2 aliphatic rings. The fraction of sp³-hybridized carbons (Fsp3) is 0.415. The average Bonchev–Trinajstić information content (AvgIpc) is 3.19. The van der Waals surface area contributed by atoms with Crippen LogP contribution in [0.4, 0.5) is 5.95 Å². The molecule has 0 saturated carbocycles. The number of aromatic nitrogens is 2. The predicted octanol–water partition coefficient (Wildman–Crippen LogP) is 6.04. The number of carboxylic acids is 1. The van der Waals surface area contributed by atoms with E-state index in [1.807, 2.05) is 48.5 Å². The van der Waals surface area contributed by atoms with Gasteiger partial charge in [-0.3, -0.25) is 14.5 Å². The summed E-state index contributed by atoms with van der Waals surface area (Å²) in [4.78, 5) is 36.7. The zero-order chi connectivity index (χ0) is 36.1. The van der Waals surface area contributed by atoms with Crippen molar-refractivity contribution in [2.45, 2.75) is 76.6 Å². The number of nitrogens with one attached hydrogen (secondary N) is 1. The second-order valence-corrected chi connectivity index (χ2v) is 13.6. The molecular formula is C41H49N5O6. The first-order valence-corrected chi connectivity index (χ1v) is 18.4. The molecule has 2 fully saturated rings. The monoisotopic (exact) mass is 707 g/mol. The highest BCUT2D eigenvalue weighted by Gasteiger charge is 2.34. The highest BCUT2D eigenvalue weighted by molar-refractivity contribution is 5.76. The Labute approximate surface area is 305 Å². The van der Waals surface area contributed by atoms with Gasteiger partial charge in [-0.2, -0.15) is 0 Å². The Hall–Kier alpha value is -4.68. The van der Waals surface area contributed by atoms with Crippen molar-refractivity contribution in [3.63, 3.8) is 0 Å². The molecule has 0 bridgehead atoms. The van der Waals surface area contributed by atoms with Gasteiger partial charge in [0.05, 0.1) is 18.8 Å². The lowest BCUT2D eigenvalue weighted by molar-refractivity contribution is -0.253. The molecule has 3 heterocycles. The lowest BCUT2D eigenvalue weighted by Gasteiger charge is -2.40. The fourth-order valence-corrected chi connectivity index (χ4v) is 6.88. The normalized spacial score (nSPS) is 19.3. The largest absolute Gasteiger partial charge is 0.481 e. The molecule has 0 unspecified atom stereocenters. The van der Waals surface area contributed by atoms with E-state index in [0.717, 1.165) is 97.7 Å². The van der Waals surface area contributed by atoms with Gasteiger partial charge in [0, 0.05) is 76.5 Å². The molecule has 6 rings (SSSR count). The molecule has 2 aliphatic heterocycles. The van der Waals surface area contributed by atoms with E-state index in [0.29, 0.717) is 19.4 Å². The molecule has 0 spiro atoms. The maximum atomic E-state index is 12.6. The Morgan fingerprint density at radius 3 is 2.19 bits per heavy atom. The maximum Gasteiger partial charge on any atom is 0.303 e. The minimum atomic E-state index is -0.776. The smallest absolute Gasteiger partial charge is 0.303 e. The number of ether oxygens (including phenoxy) is 2. The molecule has 2 saturated heterocycles. The van der Waals surface area contributed by atoms with E-state index in [4.69, 9.17) is 14.6 Å². The number of carbonyl (C=O) groups excluding carboxylic acids is 1. The number of anilines is 1. The Bertz CT molecular complexity index is 1710. The van der Waals surface area contributed by atoms with E-state index in [1.165, 1.54) is 0 Å². The highest BCUT2D eigenvalue weighted by atomic mass is 16.7. The van der Waals surface area contributed by atoms with Crippen LogP contribution in [0.1, 0.15) is 79.6 Å². The predicted molar refractivity (Wildman–Crippen MR) is 198 cm³/mol. The highest BCUT2D eigenvalue weighted by Crippen LogP contribution is 2.39. The first-order chi connectivity index (χ1) is 25.4. The van der Waals surface area contributed by atoms with Gasteiger partial charge in [-0.25, -0.2) is 9.97 Å². The Kier molecular flexibility index (Phi) is 13.3. The van der Waals surface area contributed by atoms with Gasteiger partial charge in [0.25, 0.3) is 0 Å². The number of hydrogen-bond acceptors (Lipinski definition) is 9. The third-order valence-corrected chi connectivity index (χ3v) is 9.82. The molecular weight excluding hydrogens is 658 g/mol. The zero-order valence-electron chi connectivity index (χ0n) is 29.6. The van der Waals surface area contributed by atoms with Crippen LogP contribution in [-0.2, 0) is 32.2 Å². The van der Waals surface area contributed by atoms with Crippen molar-refractivity contribution in [1.82, 2.24) is 20.2 Å². The molecule has 11 heteroatoms. The minimum Gasteiger partial charge on any atom is -0.481 e. The molecule has 11 nitrogen and oxygen atoms in total. The maximum absolute atomic E-state index is 12.6. The van der Waals surface area contributed by atoms with Gasteiger partial charge in [-0.15, -0.1) is 0 Å². The van der Waals surface area contributed by atoms with Gasteiger partial charge in [0.15, 0.2) is 6.29 Å². The van der Waals surface area contributed by atoms with Crippen molar-refractivity contribution in [3.05, 3.63) is 114 Å². The molecule has 1 amide bonds. The number of aliphatic hydroxyl groups is 1. The SMILES string of the molecule is O=C(O)CCCCCCC(=O)NCc1ccccc1-c1ccc([C@@H]2O[C@H](CN3CCN(c4ncccn4)CC3)C[C@H](c3ccc(CO)cc3)O2)cc1. The summed E-state index contributed by atoms with van der Waals surface area (Å²) >= 11 is 0. The first-order valence-electron chi connectivity index (χ1n) is 18.4. The van der Waals surface area contributed by atoms with E-state index in [1.54, 1.807) is 12.4 Å². The number of aliphatic carboxylic acids is 1. The Morgan fingerprint density at radius 1 is 0.788 bits per heavy atom. The summed E-state index contributed by atoms with van der Waals surface area (Å²) in [6, 6.07) is 26.2. The van der Waals surface area contributed by atoms with E-state index in [9.17, 15) is 14.7 Å². The Morgan fingerprint density at radius 2 is 1.48 bits per heavy atom. The number of carboxylic acid groups (broad SMARTS) is 1. The van der Waals surface area contributed by atoms with Crippen molar-refractivity contribution >= 4 is 17.8 Å². The summed E-state index contributed by atoms with van der Waals surface area (Å²) in [5.74, 6) is -0.00986. The summed E-state index contributed by atoms with van der Waals surface area (Å²) in [7, 11) is 0. The van der Waals surface area contributed by atoms with Crippen LogP contribution in [0.5, 0.6) is 0 Å². The molecule has 0 radical (unpaired) electrons. The first kappa shape index (κ1) is 37.1. The van der Waals surface area contributed by atoms with Gasteiger partial charge in [-0.05, 0) is 46.7 Å². The van der Waals surface area contributed by atoms with Crippen LogP contribution in [0.3, 0.4) is 0 Å². The molecule has 52 heavy (non-hydrogen) atoms. The summed E-state index contributed by atoms with van der Waals surface area (Å²) in [6.07, 6.45) is 7.18. The summed E-state index contributed by atoms with van der Waals surface area (Å²) in [5.41, 5.74) is 5.98. The second-order valence-electron chi connectivity index (χ2n) is 13.6. The second kappa shape index (κ2) is 18.7. The molecule has 274 valence electrons. The summed E-state index contributed by atoms with van der Waals surface area (Å²) in [5, 5.41) is 21.4. The zero-order valence-corrected chi connectivity index (χ0v) is 29.6. The number of unbranched alkanes of at least 4 members (excludes halogenated alkanes) is 3. The minimum absolute atomic E-state index is 0.000405. The molecule has 3 aromatic carbocycles. The Balaban J connectivity index is 1.09. The van der Waals surface area contributed by atoms with Crippen molar-refractivity contribution in [3.8, 4) is 11.1 Å². The van der Waals surface area contributed by atoms with Crippen LogP contribution in [0.25, 0.3) is 11.1 Å². The van der Waals surface area contributed by atoms with Crippen molar-refractivity contribution in [2.75, 3.05) is 37.6 Å². The quantitative estimate of drug-likeness (QED) is 0.118. The standard InChI is InChI=1S/C41H49N5O6/c47-29-30-12-14-32(15-13-30)37-26-35(28-45-22-24-46(25-23-45)41-42-20-7-21-43-41)51-40(52-37)33-18-16-31(17-19-33)36-9-6-5-8-34(36)27-44-38(48)10-3-1-2-4-11-39(49)50/h5-9,12-21,35,37,40,47H,1-4,10-11,22-29H2,(H,44,48)(H,49,50)/t35-,37+,40+/m0/s1. The number of benzene rings is 3. The van der Waals surface area contributed by atoms with E-state index in [-0.39, 0.29) is 31.1 Å². The summed E-state index contributed by atoms with van der Waals surface area (Å²) in [6.45, 7) is 4.70. The lowest BCUT2D eigenvalue weighted by atomic mass is 9.97. The van der Waals surface area contributed by atoms with Crippen LogP contribution >= 0.6 is 0 Å². The molecule has 3 N–H and O–H groups in total. The topological polar surface area (TPSA) is 137 Å². The summed E-state index contributed by atoms with van der Waals surface area (Å²) < 4.78 is 13.3. The fourth-order valence-electron chi connectivity index (χ4n) is 6.88. The van der Waals surface area contributed by atoms with Crippen molar-refractivity contribution in [1.29, 1.82) is 0 Å². The van der Waals surface area contributed by atoms with Crippen LogP contribution < -0.4 is 10.2 Å². The molecule has 4 aromatic rings. The number of carbonyl (C=O) groups is 2. The van der Waals surface area contributed by atoms with Gasteiger partial charge in [0.2, 0.25) is 11.9 Å². The van der Waals surface area contributed by atoms with E-state index < -0.39 is 12.3 Å². The van der Waals surface area contributed by atoms with Crippen LogP contribution in [0.2, 0.25) is 0 Å². The van der Waals surface area contributed by atoms with Gasteiger partial charge < -0.3 is 29.9 Å². The number of amides is 1. The number of aliphatic hydroxyl groups excluding tert-OH is 1. The van der Waals surface area contributed by atoms with Gasteiger partial charge >= 0.3 is 5.97 Å². The van der Waals surface area contributed by atoms with E-state index in [2.05, 4.69) is 55.4 Å². The van der Waals surface area contributed by atoms with Crippen LogP contribution in [0, 0.1) is 0 Å². The van der Waals surface area contributed by atoms with Crippen molar-refractivity contribution in [2.24, 2.45) is 0 Å². The molecule has 3 atom stereocenters. The van der Waals surface area contributed by atoms with Gasteiger partial charge in [-0.1, -0.05) is 85.6 Å². The number of rotatable bonds is 16. The number of nitrogens with zero attached hydrogens (tertiary/aromatic N) is 4. The van der Waals surface area contributed by atoms with E-state index >= 15 is 0 Å². The third-order valence-electron chi connectivity index (χ3n) is 9.82. The lowest BCUT2D eigenvalue weighted by Crippen LogP contribution is -2.50. The number of piperazine rings is 1.